The van der Waals surface area contributed by atoms with Crippen molar-refractivity contribution in [2.75, 3.05) is 7.05 Å². The molecule has 0 radical (unpaired) electrons. The average Bonchev–Trinajstić information content (AvgIpc) is 3.08. The van der Waals surface area contributed by atoms with E-state index < -0.39 is 17.7 Å². The van der Waals surface area contributed by atoms with E-state index in [2.05, 4.69) is 15.3 Å². The molecule has 0 unspecified atom stereocenters. The Morgan fingerprint density at radius 1 is 1.12 bits per heavy atom. The quantitative estimate of drug-likeness (QED) is 0.634. The molecule has 0 atom stereocenters. The molecule has 0 aliphatic rings. The summed E-state index contributed by atoms with van der Waals surface area (Å²) in [6.07, 6.45) is 1.71. The first-order chi connectivity index (χ1) is 11.5. The number of aromatic nitrogens is 2. The normalized spacial score (nSPS) is 10.5. The zero-order valence-electron chi connectivity index (χ0n) is 12.7. The van der Waals surface area contributed by atoms with Gasteiger partial charge in [-0.2, -0.15) is 0 Å². The van der Waals surface area contributed by atoms with Crippen LogP contribution in [0.1, 0.15) is 36.9 Å². The van der Waals surface area contributed by atoms with Crippen LogP contribution in [0, 0.1) is 0 Å². The summed E-state index contributed by atoms with van der Waals surface area (Å²) in [7, 11) is 1.40. The van der Waals surface area contributed by atoms with Crippen molar-refractivity contribution in [1.82, 2.24) is 15.3 Å². The lowest BCUT2D eigenvalue weighted by molar-refractivity contribution is 0.0696. The van der Waals surface area contributed by atoms with Gasteiger partial charge in [-0.3, -0.25) is 9.59 Å². The van der Waals surface area contributed by atoms with Crippen molar-refractivity contribution < 1.29 is 19.5 Å². The SMILES string of the molecule is CNC(=O)c1cc(C(=O)O)cc(C(=O)c2cccc3[nH]ccc23)n1. The van der Waals surface area contributed by atoms with Gasteiger partial charge < -0.3 is 15.4 Å². The maximum absolute atomic E-state index is 12.8. The molecular weight excluding hydrogens is 310 g/mol. The van der Waals surface area contributed by atoms with Crippen LogP contribution in [0.3, 0.4) is 0 Å². The predicted molar refractivity (Wildman–Crippen MR) is 86.3 cm³/mol. The number of aromatic carboxylic acids is 1. The van der Waals surface area contributed by atoms with Gasteiger partial charge in [0, 0.05) is 29.7 Å². The highest BCUT2D eigenvalue weighted by Crippen LogP contribution is 2.21. The number of fused-ring (bicyclic) bond motifs is 1. The molecule has 2 heterocycles. The van der Waals surface area contributed by atoms with Crippen LogP contribution < -0.4 is 5.32 Å². The number of carboxylic acid groups (broad SMARTS) is 1. The van der Waals surface area contributed by atoms with Crippen molar-refractivity contribution in [3.05, 3.63) is 65.1 Å². The maximum Gasteiger partial charge on any atom is 0.335 e. The third kappa shape index (κ3) is 2.63. The minimum Gasteiger partial charge on any atom is -0.478 e. The number of carboxylic acids is 1. The van der Waals surface area contributed by atoms with Crippen LogP contribution >= 0.6 is 0 Å². The minimum atomic E-state index is -1.24. The number of H-pyrrole nitrogens is 1. The molecule has 24 heavy (non-hydrogen) atoms. The van der Waals surface area contributed by atoms with Crippen molar-refractivity contribution in [3.8, 4) is 0 Å². The molecule has 0 saturated heterocycles. The van der Waals surface area contributed by atoms with E-state index >= 15 is 0 Å². The largest absolute Gasteiger partial charge is 0.478 e. The van der Waals surface area contributed by atoms with Gasteiger partial charge in [0.05, 0.1) is 5.56 Å². The molecule has 0 aliphatic heterocycles. The maximum atomic E-state index is 12.8. The second-order valence-corrected chi connectivity index (χ2v) is 5.08. The Hall–Kier alpha value is -3.48. The summed E-state index contributed by atoms with van der Waals surface area (Å²) < 4.78 is 0. The lowest BCUT2D eigenvalue weighted by atomic mass is 10.0. The number of pyridine rings is 1. The fourth-order valence-electron chi connectivity index (χ4n) is 2.44. The van der Waals surface area contributed by atoms with Crippen molar-refractivity contribution >= 4 is 28.6 Å². The van der Waals surface area contributed by atoms with E-state index in [1.54, 1.807) is 24.4 Å². The highest BCUT2D eigenvalue weighted by molar-refractivity contribution is 6.16. The summed E-state index contributed by atoms with van der Waals surface area (Å²) in [6, 6.07) is 9.23. The molecule has 0 fully saturated rings. The highest BCUT2D eigenvalue weighted by atomic mass is 16.4. The van der Waals surface area contributed by atoms with Crippen LogP contribution in [0.2, 0.25) is 0 Å². The molecule has 2 aromatic heterocycles. The smallest absolute Gasteiger partial charge is 0.335 e. The number of benzene rings is 1. The zero-order chi connectivity index (χ0) is 17.3. The second kappa shape index (κ2) is 5.96. The number of carbonyl (C=O) groups is 3. The lowest BCUT2D eigenvalue weighted by Gasteiger charge is -2.07. The van der Waals surface area contributed by atoms with Gasteiger partial charge >= 0.3 is 5.97 Å². The number of aromatic amines is 1. The third-order valence-corrected chi connectivity index (χ3v) is 3.60. The lowest BCUT2D eigenvalue weighted by Crippen LogP contribution is -2.21. The second-order valence-electron chi connectivity index (χ2n) is 5.08. The van der Waals surface area contributed by atoms with Gasteiger partial charge in [0.1, 0.15) is 11.4 Å². The van der Waals surface area contributed by atoms with E-state index in [9.17, 15) is 19.5 Å². The predicted octanol–water partition coefficient (Wildman–Crippen LogP) is 1.85. The topological polar surface area (TPSA) is 112 Å². The van der Waals surface area contributed by atoms with Crippen LogP contribution in [0.4, 0.5) is 0 Å². The number of nitrogens with one attached hydrogen (secondary N) is 2. The van der Waals surface area contributed by atoms with Gasteiger partial charge in [0.25, 0.3) is 5.91 Å². The highest BCUT2D eigenvalue weighted by Gasteiger charge is 2.19. The number of ketones is 1. The van der Waals surface area contributed by atoms with E-state index in [1.807, 2.05) is 6.07 Å². The summed E-state index contributed by atoms with van der Waals surface area (Å²) in [5.74, 6) is -2.25. The van der Waals surface area contributed by atoms with Gasteiger partial charge in [-0.1, -0.05) is 12.1 Å². The molecule has 120 valence electrons. The van der Waals surface area contributed by atoms with Gasteiger partial charge in [-0.25, -0.2) is 9.78 Å². The van der Waals surface area contributed by atoms with Crippen LogP contribution in [-0.2, 0) is 0 Å². The molecule has 7 nitrogen and oxygen atoms in total. The Morgan fingerprint density at radius 3 is 2.58 bits per heavy atom. The van der Waals surface area contributed by atoms with Gasteiger partial charge in [0.2, 0.25) is 5.78 Å². The number of amides is 1. The van der Waals surface area contributed by atoms with Crippen molar-refractivity contribution in [1.29, 1.82) is 0 Å². The van der Waals surface area contributed by atoms with Gasteiger partial charge in [-0.05, 0) is 24.3 Å². The first kappa shape index (κ1) is 15.4. The Morgan fingerprint density at radius 2 is 1.88 bits per heavy atom. The van der Waals surface area contributed by atoms with E-state index in [1.165, 1.54) is 13.1 Å². The van der Waals surface area contributed by atoms with Gasteiger partial charge in [-0.15, -0.1) is 0 Å². The molecule has 0 spiro atoms. The molecule has 7 heteroatoms. The molecule has 3 aromatic rings. The van der Waals surface area contributed by atoms with Crippen molar-refractivity contribution in [3.63, 3.8) is 0 Å². The molecule has 3 N–H and O–H groups in total. The number of hydrogen-bond donors (Lipinski definition) is 3. The molecule has 0 saturated carbocycles. The average molecular weight is 323 g/mol. The molecule has 0 bridgehead atoms. The Bertz CT molecular complexity index is 975. The fourth-order valence-corrected chi connectivity index (χ4v) is 2.44. The molecular formula is C17H13N3O4. The summed E-state index contributed by atoms with van der Waals surface area (Å²) in [5, 5.41) is 12.3. The summed E-state index contributed by atoms with van der Waals surface area (Å²) >= 11 is 0. The van der Waals surface area contributed by atoms with Crippen molar-refractivity contribution in [2.24, 2.45) is 0 Å². The minimum absolute atomic E-state index is 0.0952. The Kier molecular flexibility index (Phi) is 3.83. The van der Waals surface area contributed by atoms with Crippen molar-refractivity contribution in [2.45, 2.75) is 0 Å². The van der Waals surface area contributed by atoms with Gasteiger partial charge in [0.15, 0.2) is 0 Å². The molecule has 1 amide bonds. The third-order valence-electron chi connectivity index (χ3n) is 3.60. The van der Waals surface area contributed by atoms with E-state index in [0.717, 1.165) is 11.6 Å². The molecule has 1 aromatic carbocycles. The van der Waals surface area contributed by atoms with E-state index in [0.29, 0.717) is 10.9 Å². The number of rotatable bonds is 4. The zero-order valence-corrected chi connectivity index (χ0v) is 12.7. The number of carbonyl (C=O) groups excluding carboxylic acids is 2. The molecule has 3 rings (SSSR count). The first-order valence-corrected chi connectivity index (χ1v) is 7.09. The van der Waals surface area contributed by atoms with E-state index in [4.69, 9.17) is 0 Å². The monoisotopic (exact) mass is 323 g/mol. The summed E-state index contributed by atoms with van der Waals surface area (Å²) in [4.78, 5) is 42.9. The first-order valence-electron chi connectivity index (χ1n) is 7.09. The van der Waals surface area contributed by atoms with E-state index in [-0.39, 0.29) is 17.0 Å². The van der Waals surface area contributed by atoms with Crippen LogP contribution in [0.5, 0.6) is 0 Å². The summed E-state index contributed by atoms with van der Waals surface area (Å²) in [5.41, 5.74) is 0.769. The fraction of sp³-hybridized carbons (Fsp3) is 0.0588. The Balaban J connectivity index is 2.15. The number of nitrogens with zero attached hydrogens (tertiary/aromatic N) is 1. The van der Waals surface area contributed by atoms with Crippen LogP contribution in [-0.4, -0.2) is 39.8 Å². The summed E-state index contributed by atoms with van der Waals surface area (Å²) in [6.45, 7) is 0. The number of hydrogen-bond acceptors (Lipinski definition) is 4. The molecule has 0 aliphatic carbocycles. The van der Waals surface area contributed by atoms with Crippen LogP contribution in [0.25, 0.3) is 10.9 Å². The van der Waals surface area contributed by atoms with Crippen LogP contribution in [0.15, 0.2) is 42.6 Å². The Labute approximate surface area is 136 Å². The standard InChI is InChI=1S/C17H13N3O4/c1-18-16(22)14-8-9(17(23)24)7-13(20-14)15(21)11-3-2-4-12-10(11)5-6-19-12/h2-8,19H,1H3,(H,18,22)(H,23,24).